The van der Waals surface area contributed by atoms with E-state index < -0.39 is 23.8 Å². The number of aromatic nitrogens is 1. The van der Waals surface area contributed by atoms with Crippen LogP contribution < -0.4 is 10.1 Å². The maximum absolute atomic E-state index is 12.7. The molecule has 1 aliphatic rings. The number of esters is 1. The normalized spacial score (nSPS) is 13.4. The van der Waals surface area contributed by atoms with Crippen LogP contribution in [0, 0.1) is 6.92 Å². The Morgan fingerprint density at radius 2 is 1.86 bits per heavy atom. The van der Waals surface area contributed by atoms with Crippen LogP contribution >= 0.6 is 11.3 Å². The predicted octanol–water partition coefficient (Wildman–Crippen LogP) is 3.37. The van der Waals surface area contributed by atoms with Gasteiger partial charge in [0.1, 0.15) is 23.4 Å². The van der Waals surface area contributed by atoms with Crippen LogP contribution in [0.15, 0.2) is 47.8 Å². The lowest BCUT2D eigenvalue weighted by Crippen LogP contribution is -2.43. The van der Waals surface area contributed by atoms with Crippen molar-refractivity contribution in [3.8, 4) is 5.75 Å². The fraction of sp³-hybridized carbons (Fsp3) is 0.240. The number of carbonyl (C=O) groups is 4. The first-order chi connectivity index (χ1) is 16.8. The van der Waals surface area contributed by atoms with Gasteiger partial charge in [0.25, 0.3) is 11.8 Å². The summed E-state index contributed by atoms with van der Waals surface area (Å²) in [5.41, 5.74) is 2.43. The number of ether oxygens (including phenoxy) is 2. The van der Waals surface area contributed by atoms with Crippen molar-refractivity contribution in [3.05, 3.63) is 75.2 Å². The van der Waals surface area contributed by atoms with E-state index in [1.165, 1.54) is 25.4 Å². The van der Waals surface area contributed by atoms with Gasteiger partial charge >= 0.3 is 5.97 Å². The van der Waals surface area contributed by atoms with E-state index in [1.54, 1.807) is 47.8 Å². The number of nitrogens with zero attached hydrogens (tertiary/aromatic N) is 2. The molecule has 1 aliphatic heterocycles. The first-order valence-electron chi connectivity index (χ1n) is 10.8. The summed E-state index contributed by atoms with van der Waals surface area (Å²) < 4.78 is 10.5. The van der Waals surface area contributed by atoms with Crippen molar-refractivity contribution in [1.82, 2.24) is 9.88 Å². The summed E-state index contributed by atoms with van der Waals surface area (Å²) in [7, 11) is 1.52. The molecular formula is C25H23N3O6S. The number of fused-ring (bicyclic) bond motifs is 1. The Morgan fingerprint density at radius 1 is 1.11 bits per heavy atom. The average molecular weight is 494 g/mol. The van der Waals surface area contributed by atoms with Gasteiger partial charge in [-0.1, -0.05) is 23.8 Å². The number of anilines is 1. The second-order valence-corrected chi connectivity index (χ2v) is 8.91. The smallest absolute Gasteiger partial charge is 0.329 e. The van der Waals surface area contributed by atoms with E-state index in [9.17, 15) is 19.2 Å². The summed E-state index contributed by atoms with van der Waals surface area (Å²) in [6.45, 7) is 3.13. The summed E-state index contributed by atoms with van der Waals surface area (Å²) in [5.74, 6) is -1.47. The van der Waals surface area contributed by atoms with Crippen molar-refractivity contribution in [3.63, 3.8) is 0 Å². The van der Waals surface area contributed by atoms with E-state index in [1.807, 2.05) is 6.92 Å². The molecule has 35 heavy (non-hydrogen) atoms. The molecule has 0 spiro atoms. The van der Waals surface area contributed by atoms with E-state index in [2.05, 4.69) is 10.3 Å². The van der Waals surface area contributed by atoms with Crippen molar-refractivity contribution >= 4 is 40.7 Å². The number of imide groups is 1. The van der Waals surface area contributed by atoms with Crippen molar-refractivity contribution in [2.24, 2.45) is 0 Å². The number of carbonyl (C=O) groups excluding carboxylic acids is 4. The Morgan fingerprint density at radius 3 is 2.63 bits per heavy atom. The van der Waals surface area contributed by atoms with Gasteiger partial charge in [0.15, 0.2) is 0 Å². The first-order valence-corrected chi connectivity index (χ1v) is 11.7. The highest BCUT2D eigenvalue weighted by molar-refractivity contribution is 7.09. The molecule has 1 unspecified atom stereocenters. The zero-order valence-corrected chi connectivity index (χ0v) is 20.2. The van der Waals surface area contributed by atoms with Gasteiger partial charge in [0.05, 0.1) is 36.0 Å². The van der Waals surface area contributed by atoms with Crippen LogP contribution in [-0.2, 0) is 27.4 Å². The lowest BCUT2D eigenvalue weighted by molar-refractivity contribution is -0.149. The van der Waals surface area contributed by atoms with Crippen molar-refractivity contribution in [2.75, 3.05) is 12.4 Å². The van der Waals surface area contributed by atoms with Crippen LogP contribution in [0.3, 0.4) is 0 Å². The van der Waals surface area contributed by atoms with Crippen molar-refractivity contribution < 1.29 is 28.7 Å². The number of benzene rings is 2. The molecule has 2 aromatic carbocycles. The number of methoxy groups -OCH3 is 1. The zero-order valence-electron chi connectivity index (χ0n) is 19.4. The van der Waals surface area contributed by atoms with Gasteiger partial charge in [-0.3, -0.25) is 19.3 Å². The van der Waals surface area contributed by atoms with Gasteiger partial charge in [-0.25, -0.2) is 9.78 Å². The number of hydrogen-bond acceptors (Lipinski definition) is 8. The van der Waals surface area contributed by atoms with Crippen molar-refractivity contribution in [1.29, 1.82) is 0 Å². The van der Waals surface area contributed by atoms with E-state index >= 15 is 0 Å². The van der Waals surface area contributed by atoms with Crippen molar-refractivity contribution in [2.45, 2.75) is 32.9 Å². The summed E-state index contributed by atoms with van der Waals surface area (Å²) in [6, 6.07) is 10.9. The third-order valence-electron chi connectivity index (χ3n) is 5.46. The predicted molar refractivity (Wildman–Crippen MR) is 128 cm³/mol. The summed E-state index contributed by atoms with van der Waals surface area (Å²) >= 11 is 1.26. The fourth-order valence-electron chi connectivity index (χ4n) is 3.67. The Hall–Kier alpha value is -4.05. The second-order valence-electron chi connectivity index (χ2n) is 7.97. The lowest BCUT2D eigenvalue weighted by atomic mass is 10.1. The van der Waals surface area contributed by atoms with Gasteiger partial charge < -0.3 is 14.8 Å². The molecule has 3 aromatic rings. The van der Waals surface area contributed by atoms with E-state index in [4.69, 9.17) is 9.47 Å². The van der Waals surface area contributed by atoms with Crippen LogP contribution in [0.1, 0.15) is 43.9 Å². The van der Waals surface area contributed by atoms with Gasteiger partial charge in [-0.05, 0) is 38.1 Å². The number of para-hydroxylation sites is 2. The minimum absolute atomic E-state index is 0.0432. The number of rotatable bonds is 8. The SMILES string of the molecule is COc1ccccc1NC(=O)Cc1nc(COC(=O)C(C)N2C(=O)c3ccc(C)cc3C2=O)cs1. The largest absolute Gasteiger partial charge is 0.495 e. The summed E-state index contributed by atoms with van der Waals surface area (Å²) in [5, 5.41) is 5.02. The summed E-state index contributed by atoms with van der Waals surface area (Å²) in [6.07, 6.45) is 0.0432. The van der Waals surface area contributed by atoms with E-state index in [-0.39, 0.29) is 30.1 Å². The summed E-state index contributed by atoms with van der Waals surface area (Å²) in [4.78, 5) is 55.6. The number of nitrogens with one attached hydrogen (secondary N) is 1. The molecule has 0 saturated carbocycles. The molecule has 3 amide bonds. The Bertz CT molecular complexity index is 1320. The van der Waals surface area contributed by atoms with Gasteiger partial charge in [0, 0.05) is 5.38 Å². The van der Waals surface area contributed by atoms with E-state index in [0.717, 1.165) is 10.5 Å². The monoisotopic (exact) mass is 493 g/mol. The zero-order chi connectivity index (χ0) is 25.1. The molecular weight excluding hydrogens is 470 g/mol. The molecule has 1 N–H and O–H groups in total. The van der Waals surface area contributed by atoms with Crippen LogP contribution in [0.25, 0.3) is 0 Å². The topological polar surface area (TPSA) is 115 Å². The lowest BCUT2D eigenvalue weighted by Gasteiger charge is -2.20. The Kier molecular flexibility index (Phi) is 6.92. The molecule has 180 valence electrons. The Balaban J connectivity index is 1.32. The van der Waals surface area contributed by atoms with Crippen LogP contribution in [0.5, 0.6) is 5.75 Å². The molecule has 4 rings (SSSR count). The molecule has 9 nitrogen and oxygen atoms in total. The first kappa shape index (κ1) is 24.1. The molecule has 1 atom stereocenters. The number of thiazole rings is 1. The van der Waals surface area contributed by atoms with E-state index in [0.29, 0.717) is 22.1 Å². The molecule has 0 aliphatic carbocycles. The highest BCUT2D eigenvalue weighted by Gasteiger charge is 2.41. The maximum atomic E-state index is 12.7. The number of hydrogen-bond donors (Lipinski definition) is 1. The minimum Gasteiger partial charge on any atom is -0.495 e. The number of amides is 3. The molecule has 0 saturated heterocycles. The molecule has 1 aromatic heterocycles. The standard InChI is InChI=1S/C25H23N3O6S/c1-14-8-9-17-18(10-14)24(31)28(23(17)30)15(2)25(32)34-12-16-13-35-22(26-16)11-21(29)27-19-6-4-5-7-20(19)33-3/h4-10,13,15H,11-12H2,1-3H3,(H,27,29). The molecule has 0 fully saturated rings. The minimum atomic E-state index is -1.09. The number of aryl methyl sites for hydroxylation is 1. The average Bonchev–Trinajstić information content (AvgIpc) is 3.38. The van der Waals surface area contributed by atoms with Crippen LogP contribution in [0.4, 0.5) is 5.69 Å². The van der Waals surface area contributed by atoms with Gasteiger partial charge in [-0.15, -0.1) is 11.3 Å². The van der Waals surface area contributed by atoms with Crippen LogP contribution in [-0.4, -0.2) is 46.7 Å². The quantitative estimate of drug-likeness (QED) is 0.378. The molecule has 10 heteroatoms. The second kappa shape index (κ2) is 10.1. The fourth-order valence-corrected chi connectivity index (χ4v) is 4.45. The van der Waals surface area contributed by atoms with Gasteiger partial charge in [-0.2, -0.15) is 0 Å². The third kappa shape index (κ3) is 5.07. The molecule has 0 radical (unpaired) electrons. The molecule has 2 heterocycles. The molecule has 0 bridgehead atoms. The highest BCUT2D eigenvalue weighted by Crippen LogP contribution is 2.26. The highest BCUT2D eigenvalue weighted by atomic mass is 32.1. The maximum Gasteiger partial charge on any atom is 0.329 e. The van der Waals surface area contributed by atoms with Crippen LogP contribution in [0.2, 0.25) is 0 Å². The third-order valence-corrected chi connectivity index (χ3v) is 6.35. The Labute approximate surface area is 205 Å². The van der Waals surface area contributed by atoms with Gasteiger partial charge in [0.2, 0.25) is 5.91 Å².